The molecule has 0 spiro atoms. The zero-order valence-corrected chi connectivity index (χ0v) is 11.1. The van der Waals surface area contributed by atoms with E-state index in [1.165, 1.54) is 7.11 Å². The SMILES string of the molecule is COC(=O)CCC[C@H](CO)CCC(C)(C)C. The molecule has 16 heavy (non-hydrogen) atoms. The molecule has 0 bridgehead atoms. The van der Waals surface area contributed by atoms with E-state index in [0.29, 0.717) is 17.8 Å². The molecule has 0 aromatic carbocycles. The third-order valence-corrected chi connectivity index (χ3v) is 2.78. The van der Waals surface area contributed by atoms with Crippen molar-refractivity contribution in [2.75, 3.05) is 13.7 Å². The Labute approximate surface area is 99.2 Å². The molecule has 0 radical (unpaired) electrons. The predicted molar refractivity (Wildman–Crippen MR) is 65.1 cm³/mol. The van der Waals surface area contributed by atoms with E-state index in [-0.39, 0.29) is 12.6 Å². The van der Waals surface area contributed by atoms with Crippen molar-refractivity contribution >= 4 is 5.97 Å². The van der Waals surface area contributed by atoms with Crippen LogP contribution < -0.4 is 0 Å². The Morgan fingerprint density at radius 2 is 1.94 bits per heavy atom. The lowest BCUT2D eigenvalue weighted by molar-refractivity contribution is -0.140. The standard InChI is InChI=1S/C13H26O3/c1-13(2,3)9-8-11(10-14)6-5-7-12(15)16-4/h11,14H,5-10H2,1-4H3/t11-/m0/s1. The van der Waals surface area contributed by atoms with Crippen molar-refractivity contribution < 1.29 is 14.6 Å². The summed E-state index contributed by atoms with van der Waals surface area (Å²) in [6, 6.07) is 0. The van der Waals surface area contributed by atoms with Gasteiger partial charge in [-0.05, 0) is 37.0 Å². The third kappa shape index (κ3) is 8.72. The quantitative estimate of drug-likeness (QED) is 0.684. The summed E-state index contributed by atoms with van der Waals surface area (Å²) in [7, 11) is 1.41. The minimum atomic E-state index is -0.160. The first-order valence-electron chi connectivity index (χ1n) is 6.06. The van der Waals surface area contributed by atoms with Gasteiger partial charge in [0.1, 0.15) is 0 Å². The minimum absolute atomic E-state index is 0.160. The van der Waals surface area contributed by atoms with E-state index in [2.05, 4.69) is 25.5 Å². The van der Waals surface area contributed by atoms with E-state index in [1.807, 2.05) is 0 Å². The van der Waals surface area contributed by atoms with Crippen LogP contribution in [0.15, 0.2) is 0 Å². The van der Waals surface area contributed by atoms with E-state index >= 15 is 0 Å². The monoisotopic (exact) mass is 230 g/mol. The van der Waals surface area contributed by atoms with Gasteiger partial charge in [-0.3, -0.25) is 4.79 Å². The zero-order valence-electron chi connectivity index (χ0n) is 11.1. The van der Waals surface area contributed by atoms with Gasteiger partial charge < -0.3 is 9.84 Å². The number of esters is 1. The van der Waals surface area contributed by atoms with E-state index in [9.17, 15) is 9.90 Å². The maximum atomic E-state index is 10.9. The molecule has 0 aromatic rings. The van der Waals surface area contributed by atoms with Gasteiger partial charge in [0.2, 0.25) is 0 Å². The van der Waals surface area contributed by atoms with Crippen molar-refractivity contribution in [2.45, 2.75) is 52.9 Å². The number of ether oxygens (including phenoxy) is 1. The molecule has 0 amide bonds. The second kappa shape index (κ2) is 7.66. The first kappa shape index (κ1) is 15.4. The molecule has 3 heteroatoms. The fraction of sp³-hybridized carbons (Fsp3) is 0.923. The molecule has 0 saturated heterocycles. The van der Waals surface area contributed by atoms with Gasteiger partial charge in [0.25, 0.3) is 0 Å². The van der Waals surface area contributed by atoms with Crippen LogP contribution in [0.4, 0.5) is 0 Å². The van der Waals surface area contributed by atoms with Crippen LogP contribution in [0.3, 0.4) is 0 Å². The van der Waals surface area contributed by atoms with Crippen LogP contribution >= 0.6 is 0 Å². The van der Waals surface area contributed by atoms with Crippen LogP contribution in [0.25, 0.3) is 0 Å². The summed E-state index contributed by atoms with van der Waals surface area (Å²) in [5, 5.41) is 9.23. The molecule has 0 rings (SSSR count). The van der Waals surface area contributed by atoms with Gasteiger partial charge in [-0.15, -0.1) is 0 Å². The number of methoxy groups -OCH3 is 1. The van der Waals surface area contributed by atoms with Crippen molar-refractivity contribution in [3.63, 3.8) is 0 Å². The van der Waals surface area contributed by atoms with Gasteiger partial charge in [-0.25, -0.2) is 0 Å². The lowest BCUT2D eigenvalue weighted by Crippen LogP contribution is -2.13. The van der Waals surface area contributed by atoms with Crippen LogP contribution in [-0.2, 0) is 9.53 Å². The Morgan fingerprint density at radius 1 is 1.31 bits per heavy atom. The summed E-state index contributed by atoms with van der Waals surface area (Å²) >= 11 is 0. The highest BCUT2D eigenvalue weighted by atomic mass is 16.5. The molecule has 0 aromatic heterocycles. The fourth-order valence-electron chi connectivity index (χ4n) is 1.60. The van der Waals surface area contributed by atoms with Crippen molar-refractivity contribution in [1.82, 2.24) is 0 Å². The summed E-state index contributed by atoms with van der Waals surface area (Å²) in [6.07, 6.45) is 4.31. The Hall–Kier alpha value is -0.570. The summed E-state index contributed by atoms with van der Waals surface area (Å²) in [5.74, 6) is 0.163. The molecular weight excluding hydrogens is 204 g/mol. The smallest absolute Gasteiger partial charge is 0.305 e. The topological polar surface area (TPSA) is 46.5 Å². The second-order valence-electron chi connectivity index (χ2n) is 5.62. The van der Waals surface area contributed by atoms with E-state index < -0.39 is 0 Å². The Balaban J connectivity index is 3.71. The molecule has 1 atom stereocenters. The number of carbonyl (C=O) groups is 1. The van der Waals surface area contributed by atoms with Crippen LogP contribution in [0.5, 0.6) is 0 Å². The Kier molecular flexibility index (Phi) is 7.39. The van der Waals surface area contributed by atoms with Crippen molar-refractivity contribution in [3.05, 3.63) is 0 Å². The van der Waals surface area contributed by atoms with Crippen LogP contribution in [0, 0.1) is 11.3 Å². The van der Waals surface area contributed by atoms with Gasteiger partial charge in [-0.2, -0.15) is 0 Å². The van der Waals surface area contributed by atoms with Gasteiger partial charge in [0, 0.05) is 13.0 Å². The van der Waals surface area contributed by atoms with Gasteiger partial charge in [0.05, 0.1) is 7.11 Å². The number of hydrogen-bond acceptors (Lipinski definition) is 3. The van der Waals surface area contributed by atoms with Gasteiger partial charge in [0.15, 0.2) is 0 Å². The molecule has 0 saturated carbocycles. The number of carbonyl (C=O) groups excluding carboxylic acids is 1. The molecule has 1 N–H and O–H groups in total. The molecule has 0 aliphatic heterocycles. The number of hydrogen-bond donors (Lipinski definition) is 1. The highest BCUT2D eigenvalue weighted by Crippen LogP contribution is 2.25. The van der Waals surface area contributed by atoms with Crippen molar-refractivity contribution in [2.24, 2.45) is 11.3 Å². The molecule has 0 heterocycles. The van der Waals surface area contributed by atoms with E-state index in [0.717, 1.165) is 25.7 Å². The molecule has 0 fully saturated rings. The highest BCUT2D eigenvalue weighted by Gasteiger charge is 2.15. The van der Waals surface area contributed by atoms with Gasteiger partial charge >= 0.3 is 5.97 Å². The summed E-state index contributed by atoms with van der Waals surface area (Å²) < 4.78 is 4.58. The van der Waals surface area contributed by atoms with Crippen LogP contribution in [0.2, 0.25) is 0 Å². The summed E-state index contributed by atoms with van der Waals surface area (Å²) in [4.78, 5) is 10.9. The largest absolute Gasteiger partial charge is 0.469 e. The molecular formula is C13H26O3. The fourth-order valence-corrected chi connectivity index (χ4v) is 1.60. The number of rotatable bonds is 7. The van der Waals surface area contributed by atoms with Crippen molar-refractivity contribution in [1.29, 1.82) is 0 Å². The molecule has 0 aliphatic rings. The molecule has 0 aliphatic carbocycles. The highest BCUT2D eigenvalue weighted by molar-refractivity contribution is 5.68. The average Bonchev–Trinajstić information content (AvgIpc) is 2.21. The van der Waals surface area contributed by atoms with Gasteiger partial charge in [-0.1, -0.05) is 20.8 Å². The average molecular weight is 230 g/mol. The Morgan fingerprint density at radius 3 is 2.38 bits per heavy atom. The number of aliphatic hydroxyl groups excluding tert-OH is 1. The van der Waals surface area contributed by atoms with E-state index in [4.69, 9.17) is 0 Å². The first-order valence-corrected chi connectivity index (χ1v) is 6.06. The summed E-state index contributed by atoms with van der Waals surface area (Å²) in [5.41, 5.74) is 0.315. The third-order valence-electron chi connectivity index (χ3n) is 2.78. The first-order chi connectivity index (χ1) is 7.39. The Bertz CT molecular complexity index is 194. The summed E-state index contributed by atoms with van der Waals surface area (Å²) in [6.45, 7) is 6.83. The molecule has 3 nitrogen and oxygen atoms in total. The normalized spacial score (nSPS) is 13.6. The second-order valence-corrected chi connectivity index (χ2v) is 5.62. The van der Waals surface area contributed by atoms with Crippen molar-refractivity contribution in [3.8, 4) is 0 Å². The molecule has 96 valence electrons. The minimum Gasteiger partial charge on any atom is -0.469 e. The lowest BCUT2D eigenvalue weighted by Gasteiger charge is -2.21. The van der Waals surface area contributed by atoms with E-state index in [1.54, 1.807) is 0 Å². The maximum Gasteiger partial charge on any atom is 0.305 e. The number of aliphatic hydroxyl groups is 1. The lowest BCUT2D eigenvalue weighted by atomic mass is 9.85. The van der Waals surface area contributed by atoms with Crippen LogP contribution in [-0.4, -0.2) is 24.8 Å². The van der Waals surface area contributed by atoms with Crippen LogP contribution in [0.1, 0.15) is 52.9 Å². The predicted octanol–water partition coefficient (Wildman–Crippen LogP) is 2.76. The molecule has 0 unspecified atom stereocenters. The maximum absolute atomic E-state index is 10.9. The zero-order chi connectivity index (χ0) is 12.6.